The predicted octanol–water partition coefficient (Wildman–Crippen LogP) is 2.15. The number of hydrogen-bond donors (Lipinski definition) is 2. The fourth-order valence-electron chi connectivity index (χ4n) is 1.77. The summed E-state index contributed by atoms with van der Waals surface area (Å²) in [7, 11) is 0. The second-order valence-corrected chi connectivity index (χ2v) is 4.28. The smallest absolute Gasteiger partial charge is 0.273 e. The SMILES string of the molecule is CC(NC(=O)c1cc(-c2ccco2)on1)c1cn[nH]c1. The molecular formula is C13H12N4O3. The first-order valence-electron chi connectivity index (χ1n) is 6.04. The third-order valence-electron chi connectivity index (χ3n) is 2.87. The summed E-state index contributed by atoms with van der Waals surface area (Å²) in [5.74, 6) is 0.621. The molecule has 3 heterocycles. The van der Waals surface area contributed by atoms with E-state index in [4.69, 9.17) is 8.94 Å². The van der Waals surface area contributed by atoms with Crippen molar-refractivity contribution in [2.24, 2.45) is 0 Å². The van der Waals surface area contributed by atoms with Crippen LogP contribution in [-0.4, -0.2) is 21.3 Å². The molecule has 0 aromatic carbocycles. The minimum absolute atomic E-state index is 0.176. The molecule has 0 spiro atoms. The Hall–Kier alpha value is -2.83. The van der Waals surface area contributed by atoms with Gasteiger partial charge in [-0.3, -0.25) is 9.89 Å². The van der Waals surface area contributed by atoms with Crippen molar-refractivity contribution in [2.45, 2.75) is 13.0 Å². The summed E-state index contributed by atoms with van der Waals surface area (Å²) in [4.78, 5) is 12.0. The van der Waals surface area contributed by atoms with E-state index in [0.717, 1.165) is 5.56 Å². The van der Waals surface area contributed by atoms with Crippen molar-refractivity contribution >= 4 is 5.91 Å². The molecule has 20 heavy (non-hydrogen) atoms. The maximum atomic E-state index is 12.0. The van der Waals surface area contributed by atoms with Crippen LogP contribution >= 0.6 is 0 Å². The summed E-state index contributed by atoms with van der Waals surface area (Å²) in [5.41, 5.74) is 1.08. The van der Waals surface area contributed by atoms with Gasteiger partial charge in [-0.1, -0.05) is 5.16 Å². The largest absolute Gasteiger partial charge is 0.461 e. The normalized spacial score (nSPS) is 12.2. The molecule has 0 bridgehead atoms. The average Bonchev–Trinajstić information content (AvgIpc) is 3.19. The highest BCUT2D eigenvalue weighted by Crippen LogP contribution is 2.20. The number of aromatic amines is 1. The van der Waals surface area contributed by atoms with Gasteiger partial charge in [0.2, 0.25) is 5.76 Å². The lowest BCUT2D eigenvalue weighted by Crippen LogP contribution is -2.26. The molecule has 3 aromatic heterocycles. The molecule has 1 atom stereocenters. The Kier molecular flexibility index (Phi) is 3.08. The van der Waals surface area contributed by atoms with Crippen molar-refractivity contribution in [3.8, 4) is 11.5 Å². The van der Waals surface area contributed by atoms with Gasteiger partial charge < -0.3 is 14.3 Å². The quantitative estimate of drug-likeness (QED) is 0.758. The second kappa shape index (κ2) is 5.04. The van der Waals surface area contributed by atoms with Crippen molar-refractivity contribution in [1.29, 1.82) is 0 Å². The number of nitrogens with zero attached hydrogens (tertiary/aromatic N) is 2. The molecule has 0 aliphatic rings. The summed E-state index contributed by atoms with van der Waals surface area (Å²) >= 11 is 0. The number of aromatic nitrogens is 3. The fraction of sp³-hybridized carbons (Fsp3) is 0.154. The monoisotopic (exact) mass is 272 g/mol. The van der Waals surface area contributed by atoms with Crippen molar-refractivity contribution in [2.75, 3.05) is 0 Å². The summed E-state index contributed by atoms with van der Waals surface area (Å²) in [6.07, 6.45) is 4.91. The minimum atomic E-state index is -0.319. The zero-order chi connectivity index (χ0) is 13.9. The van der Waals surface area contributed by atoms with E-state index < -0.39 is 0 Å². The number of H-pyrrole nitrogens is 1. The van der Waals surface area contributed by atoms with E-state index in [1.54, 1.807) is 24.5 Å². The van der Waals surface area contributed by atoms with Crippen molar-refractivity contribution in [3.05, 3.63) is 48.1 Å². The standard InChI is InChI=1S/C13H12N4O3/c1-8(9-6-14-15-7-9)16-13(18)10-5-12(20-17-10)11-3-2-4-19-11/h2-8H,1H3,(H,14,15)(H,16,18). The van der Waals surface area contributed by atoms with Crippen LogP contribution in [-0.2, 0) is 0 Å². The number of nitrogens with one attached hydrogen (secondary N) is 2. The molecule has 0 saturated heterocycles. The van der Waals surface area contributed by atoms with Crippen LogP contribution in [0.1, 0.15) is 29.0 Å². The Labute approximate surface area is 114 Å². The van der Waals surface area contributed by atoms with Gasteiger partial charge in [0.05, 0.1) is 18.5 Å². The summed E-state index contributed by atoms with van der Waals surface area (Å²) in [6, 6.07) is 4.83. The molecule has 0 aliphatic carbocycles. The topological polar surface area (TPSA) is 97.0 Å². The zero-order valence-corrected chi connectivity index (χ0v) is 10.7. The third kappa shape index (κ3) is 2.33. The Bertz CT molecular complexity index is 685. The number of carbonyl (C=O) groups is 1. The van der Waals surface area contributed by atoms with E-state index in [1.165, 1.54) is 12.3 Å². The van der Waals surface area contributed by atoms with Crippen molar-refractivity contribution in [3.63, 3.8) is 0 Å². The van der Waals surface area contributed by atoms with Gasteiger partial charge in [-0.05, 0) is 19.1 Å². The summed E-state index contributed by atoms with van der Waals surface area (Å²) in [5, 5.41) is 13.1. The van der Waals surface area contributed by atoms with Crippen LogP contribution in [0.25, 0.3) is 11.5 Å². The lowest BCUT2D eigenvalue weighted by atomic mass is 10.2. The molecule has 0 fully saturated rings. The van der Waals surface area contributed by atoms with E-state index >= 15 is 0 Å². The van der Waals surface area contributed by atoms with E-state index in [2.05, 4.69) is 20.7 Å². The molecule has 7 nitrogen and oxygen atoms in total. The Morgan fingerprint density at radius 3 is 3.05 bits per heavy atom. The van der Waals surface area contributed by atoms with E-state index in [0.29, 0.717) is 11.5 Å². The van der Waals surface area contributed by atoms with Gasteiger partial charge in [0, 0.05) is 17.8 Å². The number of rotatable bonds is 4. The molecule has 2 N–H and O–H groups in total. The third-order valence-corrected chi connectivity index (χ3v) is 2.87. The van der Waals surface area contributed by atoms with E-state index in [-0.39, 0.29) is 17.6 Å². The van der Waals surface area contributed by atoms with Crippen LogP contribution in [0.15, 0.2) is 45.8 Å². The maximum absolute atomic E-state index is 12.0. The predicted molar refractivity (Wildman–Crippen MR) is 68.7 cm³/mol. The minimum Gasteiger partial charge on any atom is -0.461 e. The van der Waals surface area contributed by atoms with E-state index in [9.17, 15) is 4.79 Å². The number of furan rings is 1. The second-order valence-electron chi connectivity index (χ2n) is 4.28. The van der Waals surface area contributed by atoms with Crippen LogP contribution < -0.4 is 5.32 Å². The van der Waals surface area contributed by atoms with Gasteiger partial charge in [0.1, 0.15) is 0 Å². The first-order valence-corrected chi connectivity index (χ1v) is 6.04. The van der Waals surface area contributed by atoms with Crippen LogP contribution in [0.5, 0.6) is 0 Å². The first-order chi connectivity index (χ1) is 9.74. The Balaban J connectivity index is 1.72. The number of hydrogen-bond acceptors (Lipinski definition) is 5. The maximum Gasteiger partial charge on any atom is 0.273 e. The molecule has 0 radical (unpaired) electrons. The van der Waals surface area contributed by atoms with Gasteiger partial charge in [-0.15, -0.1) is 0 Å². The molecule has 3 aromatic rings. The lowest BCUT2D eigenvalue weighted by Gasteiger charge is -2.09. The molecule has 102 valence electrons. The molecule has 1 unspecified atom stereocenters. The first kappa shape index (κ1) is 12.2. The van der Waals surface area contributed by atoms with Crippen LogP contribution in [0.2, 0.25) is 0 Å². The molecule has 0 saturated carbocycles. The van der Waals surface area contributed by atoms with E-state index in [1.807, 2.05) is 6.92 Å². The average molecular weight is 272 g/mol. The molecule has 1 amide bonds. The Morgan fingerprint density at radius 2 is 2.35 bits per heavy atom. The zero-order valence-electron chi connectivity index (χ0n) is 10.7. The van der Waals surface area contributed by atoms with Crippen molar-refractivity contribution < 1.29 is 13.7 Å². The highest BCUT2D eigenvalue weighted by atomic mass is 16.5. The summed E-state index contributed by atoms with van der Waals surface area (Å²) < 4.78 is 10.3. The van der Waals surface area contributed by atoms with Crippen LogP contribution in [0, 0.1) is 0 Å². The highest BCUT2D eigenvalue weighted by molar-refractivity contribution is 5.93. The van der Waals surface area contributed by atoms with Gasteiger partial charge in [0.15, 0.2) is 11.5 Å². The van der Waals surface area contributed by atoms with Crippen LogP contribution in [0.4, 0.5) is 0 Å². The fourth-order valence-corrected chi connectivity index (χ4v) is 1.77. The highest BCUT2D eigenvalue weighted by Gasteiger charge is 2.17. The van der Waals surface area contributed by atoms with Crippen molar-refractivity contribution in [1.82, 2.24) is 20.7 Å². The van der Waals surface area contributed by atoms with Gasteiger partial charge >= 0.3 is 0 Å². The molecular weight excluding hydrogens is 260 g/mol. The number of carbonyl (C=O) groups excluding carboxylic acids is 1. The summed E-state index contributed by atoms with van der Waals surface area (Å²) in [6.45, 7) is 1.86. The molecule has 7 heteroatoms. The lowest BCUT2D eigenvalue weighted by molar-refractivity contribution is 0.0931. The van der Waals surface area contributed by atoms with Gasteiger partial charge in [-0.2, -0.15) is 5.10 Å². The van der Waals surface area contributed by atoms with Gasteiger partial charge in [-0.25, -0.2) is 0 Å². The van der Waals surface area contributed by atoms with Crippen LogP contribution in [0.3, 0.4) is 0 Å². The molecule has 3 rings (SSSR count). The number of amides is 1. The Morgan fingerprint density at radius 1 is 1.45 bits per heavy atom. The molecule has 0 aliphatic heterocycles. The van der Waals surface area contributed by atoms with Gasteiger partial charge in [0.25, 0.3) is 5.91 Å².